The van der Waals surface area contributed by atoms with E-state index in [1.54, 1.807) is 0 Å². The summed E-state index contributed by atoms with van der Waals surface area (Å²) in [7, 11) is -5.52. The number of nitrogens with one attached hydrogen (secondary N) is 1. The average Bonchev–Trinajstić information content (AvgIpc) is 3.18. The standard InChI is InChI=1S/C20H23BrF2N6O3S2Si/c1-24-20(5-6-20)29(11-32-7-8-35(2,3)4)34(30,31)12-9-13-15(14(21)10-12)25-26-16(13)18-27-28-19(33-18)17(22)23/h9-10,17H,5-8,11H2,2-4H3,(H,25,26). The molecular weight excluding hydrogens is 582 g/mol. The molecule has 1 fully saturated rings. The van der Waals surface area contributed by atoms with Crippen molar-refractivity contribution in [1.82, 2.24) is 24.7 Å². The Labute approximate surface area is 214 Å². The molecule has 4 rings (SSSR count). The summed E-state index contributed by atoms with van der Waals surface area (Å²) in [4.78, 5) is 3.55. The summed E-state index contributed by atoms with van der Waals surface area (Å²) >= 11 is 4.06. The second-order valence-electron chi connectivity index (χ2n) is 9.44. The van der Waals surface area contributed by atoms with Gasteiger partial charge in [0.1, 0.15) is 17.9 Å². The van der Waals surface area contributed by atoms with Crippen LogP contribution in [0.5, 0.6) is 0 Å². The Morgan fingerprint density at radius 2 is 2.06 bits per heavy atom. The van der Waals surface area contributed by atoms with Gasteiger partial charge < -0.3 is 4.74 Å². The number of fused-ring (bicyclic) bond motifs is 1. The number of H-pyrrole nitrogens is 1. The SMILES string of the molecule is [C-]#[N+]C1(N(COCC[Si](C)(C)C)S(=O)(=O)c2cc(Br)c3n[nH]c(-c4nnc(C(F)F)s4)c3c2)CC1. The van der Waals surface area contributed by atoms with Crippen molar-refractivity contribution in [2.75, 3.05) is 13.3 Å². The minimum absolute atomic E-state index is 0.0677. The molecule has 9 nitrogen and oxygen atoms in total. The molecule has 1 saturated carbocycles. The van der Waals surface area contributed by atoms with Crippen LogP contribution in [0.1, 0.15) is 24.3 Å². The van der Waals surface area contributed by atoms with Crippen molar-refractivity contribution < 1.29 is 21.9 Å². The van der Waals surface area contributed by atoms with Gasteiger partial charge in [-0.3, -0.25) is 9.94 Å². The zero-order chi connectivity index (χ0) is 25.6. The molecule has 2 heterocycles. The van der Waals surface area contributed by atoms with E-state index in [0.717, 1.165) is 10.3 Å². The molecule has 1 aliphatic rings. The third-order valence-corrected chi connectivity index (χ3v) is 10.7. The van der Waals surface area contributed by atoms with E-state index >= 15 is 0 Å². The van der Waals surface area contributed by atoms with E-state index in [0.29, 0.717) is 46.2 Å². The molecule has 1 aromatic carbocycles. The zero-order valence-electron chi connectivity index (χ0n) is 19.2. The third kappa shape index (κ3) is 5.32. The largest absolute Gasteiger partial charge is 0.365 e. The van der Waals surface area contributed by atoms with Crippen LogP contribution in [-0.4, -0.2) is 60.2 Å². The van der Waals surface area contributed by atoms with Crippen LogP contribution >= 0.6 is 27.3 Å². The quantitative estimate of drug-likeness (QED) is 0.142. The topological polar surface area (TPSA) is 105 Å². The van der Waals surface area contributed by atoms with Gasteiger partial charge in [-0.15, -0.1) is 10.2 Å². The lowest BCUT2D eigenvalue weighted by atomic mass is 10.2. The van der Waals surface area contributed by atoms with Crippen molar-refractivity contribution in [3.8, 4) is 10.7 Å². The molecule has 2 aromatic heterocycles. The Morgan fingerprint density at radius 3 is 2.63 bits per heavy atom. The highest BCUT2D eigenvalue weighted by Crippen LogP contribution is 2.46. The molecule has 1 N–H and O–H groups in total. The summed E-state index contributed by atoms with van der Waals surface area (Å²) in [6.45, 7) is 14.4. The van der Waals surface area contributed by atoms with E-state index in [9.17, 15) is 17.2 Å². The van der Waals surface area contributed by atoms with Crippen LogP contribution in [0.3, 0.4) is 0 Å². The Balaban J connectivity index is 1.71. The van der Waals surface area contributed by atoms with Crippen LogP contribution < -0.4 is 0 Å². The summed E-state index contributed by atoms with van der Waals surface area (Å²) in [5, 5.41) is 14.3. The number of hydrogen-bond donors (Lipinski definition) is 1. The minimum atomic E-state index is -4.14. The fraction of sp³-hybridized carbons (Fsp3) is 0.500. The fourth-order valence-corrected chi connectivity index (χ4v) is 7.22. The van der Waals surface area contributed by atoms with Gasteiger partial charge in [-0.1, -0.05) is 35.3 Å². The highest BCUT2D eigenvalue weighted by atomic mass is 79.9. The molecule has 1 aliphatic carbocycles. The lowest BCUT2D eigenvalue weighted by Gasteiger charge is -2.24. The lowest BCUT2D eigenvalue weighted by Crippen LogP contribution is -2.42. The van der Waals surface area contributed by atoms with Crippen molar-refractivity contribution in [3.63, 3.8) is 0 Å². The summed E-state index contributed by atoms with van der Waals surface area (Å²) < 4.78 is 60.8. The number of hydrogen-bond acceptors (Lipinski definition) is 7. The Bertz CT molecular complexity index is 1400. The maximum atomic E-state index is 13.8. The average molecular weight is 606 g/mol. The maximum Gasteiger partial charge on any atom is 0.303 e. The van der Waals surface area contributed by atoms with Gasteiger partial charge in [0.2, 0.25) is 0 Å². The Hall–Kier alpha value is -1.83. The molecule has 0 radical (unpaired) electrons. The number of benzene rings is 1. The third-order valence-electron chi connectivity index (χ3n) is 5.59. The van der Waals surface area contributed by atoms with E-state index in [1.165, 1.54) is 12.1 Å². The van der Waals surface area contributed by atoms with E-state index < -0.39 is 35.2 Å². The maximum absolute atomic E-state index is 13.8. The first-order chi connectivity index (χ1) is 16.4. The molecule has 0 unspecified atom stereocenters. The van der Waals surface area contributed by atoms with E-state index in [1.807, 2.05) is 0 Å². The highest BCUT2D eigenvalue weighted by molar-refractivity contribution is 9.10. The van der Waals surface area contributed by atoms with Crippen molar-refractivity contribution in [1.29, 1.82) is 0 Å². The fourth-order valence-electron chi connectivity index (χ4n) is 3.38. The number of ether oxygens (including phenoxy) is 1. The first-order valence-electron chi connectivity index (χ1n) is 10.7. The predicted molar refractivity (Wildman–Crippen MR) is 134 cm³/mol. The van der Waals surface area contributed by atoms with Gasteiger partial charge in [0.15, 0.2) is 10.0 Å². The molecule has 3 aromatic rings. The number of halogens is 3. The van der Waals surface area contributed by atoms with Gasteiger partial charge in [0, 0.05) is 24.5 Å². The van der Waals surface area contributed by atoms with Crippen LogP contribution in [0.15, 0.2) is 21.5 Å². The molecular formula is C20H23BrF2N6O3S2Si. The van der Waals surface area contributed by atoms with Gasteiger partial charge >= 0.3 is 5.66 Å². The second kappa shape index (κ2) is 9.56. The van der Waals surface area contributed by atoms with Gasteiger partial charge in [-0.25, -0.2) is 23.8 Å². The molecule has 0 saturated heterocycles. The van der Waals surface area contributed by atoms with Crippen LogP contribution in [0, 0.1) is 6.57 Å². The van der Waals surface area contributed by atoms with Crippen LogP contribution in [0.4, 0.5) is 8.78 Å². The number of sulfonamides is 1. The molecule has 0 bridgehead atoms. The number of aromatic nitrogens is 4. The summed E-state index contributed by atoms with van der Waals surface area (Å²) in [5.74, 6) is 0. The normalized spacial score (nSPS) is 15.7. The van der Waals surface area contributed by atoms with Crippen molar-refractivity contribution in [2.45, 2.75) is 55.5 Å². The van der Waals surface area contributed by atoms with Crippen molar-refractivity contribution in [2.24, 2.45) is 0 Å². The highest BCUT2D eigenvalue weighted by Gasteiger charge is 2.61. The number of nitrogens with zero attached hydrogens (tertiary/aromatic N) is 5. The molecule has 188 valence electrons. The molecule has 0 spiro atoms. The minimum Gasteiger partial charge on any atom is -0.365 e. The Morgan fingerprint density at radius 1 is 1.34 bits per heavy atom. The number of rotatable bonds is 10. The molecule has 35 heavy (non-hydrogen) atoms. The second-order valence-corrected chi connectivity index (χ2v) is 18.8. The van der Waals surface area contributed by atoms with Crippen molar-refractivity contribution >= 4 is 56.3 Å². The number of aromatic amines is 1. The molecule has 0 amide bonds. The molecule has 0 atom stereocenters. The molecule has 0 aliphatic heterocycles. The van der Waals surface area contributed by atoms with E-state index in [-0.39, 0.29) is 22.3 Å². The van der Waals surface area contributed by atoms with E-state index in [4.69, 9.17) is 11.3 Å². The zero-order valence-corrected chi connectivity index (χ0v) is 23.4. The summed E-state index contributed by atoms with van der Waals surface area (Å²) in [6.07, 6.45) is -1.92. The first kappa shape index (κ1) is 26.2. The van der Waals surface area contributed by atoms with Gasteiger partial charge in [-0.2, -0.15) is 5.10 Å². The smallest absolute Gasteiger partial charge is 0.303 e. The van der Waals surface area contributed by atoms with Gasteiger partial charge in [-0.05, 0) is 34.1 Å². The summed E-state index contributed by atoms with van der Waals surface area (Å²) in [6, 6.07) is 3.69. The van der Waals surface area contributed by atoms with Crippen LogP contribution in [0.25, 0.3) is 26.4 Å². The monoisotopic (exact) mass is 604 g/mol. The van der Waals surface area contributed by atoms with Crippen molar-refractivity contribution in [3.05, 3.63) is 33.0 Å². The van der Waals surface area contributed by atoms with E-state index in [2.05, 4.69) is 60.8 Å². The number of alkyl halides is 2. The van der Waals surface area contributed by atoms with Gasteiger partial charge in [0.25, 0.3) is 16.4 Å². The van der Waals surface area contributed by atoms with Crippen LogP contribution in [0.2, 0.25) is 25.7 Å². The van der Waals surface area contributed by atoms with Crippen LogP contribution in [-0.2, 0) is 14.8 Å². The first-order valence-corrected chi connectivity index (χ1v) is 17.4. The van der Waals surface area contributed by atoms with Gasteiger partial charge in [0.05, 0.1) is 17.7 Å². The summed E-state index contributed by atoms with van der Waals surface area (Å²) in [5.41, 5.74) is -0.465. The lowest BCUT2D eigenvalue weighted by molar-refractivity contribution is 0.0642. The Kier molecular flexibility index (Phi) is 7.17. The predicted octanol–water partition coefficient (Wildman–Crippen LogP) is 5.49. The molecule has 15 heteroatoms.